The SMILES string of the molecule is CCC(C)(C)NC(=O)c1ccc(OCc2cccs2)cc1. The lowest BCUT2D eigenvalue weighted by atomic mass is 10.0. The average molecular weight is 303 g/mol. The maximum absolute atomic E-state index is 12.1. The fraction of sp³-hybridized carbons (Fsp3) is 0.353. The van der Waals surface area contributed by atoms with E-state index in [4.69, 9.17) is 4.74 Å². The van der Waals surface area contributed by atoms with Crippen molar-refractivity contribution in [3.05, 3.63) is 52.2 Å². The molecule has 0 aliphatic rings. The lowest BCUT2D eigenvalue weighted by molar-refractivity contribution is 0.0911. The summed E-state index contributed by atoms with van der Waals surface area (Å²) in [5.41, 5.74) is 0.464. The molecule has 2 rings (SSSR count). The molecule has 1 aromatic heterocycles. The zero-order valence-electron chi connectivity index (χ0n) is 12.7. The second-order valence-electron chi connectivity index (χ2n) is 5.58. The van der Waals surface area contributed by atoms with Crippen molar-refractivity contribution in [3.8, 4) is 5.75 Å². The van der Waals surface area contributed by atoms with E-state index >= 15 is 0 Å². The maximum atomic E-state index is 12.1. The van der Waals surface area contributed by atoms with Crippen LogP contribution in [-0.4, -0.2) is 11.4 Å². The van der Waals surface area contributed by atoms with Gasteiger partial charge in [0, 0.05) is 16.0 Å². The first-order valence-electron chi connectivity index (χ1n) is 7.08. The minimum absolute atomic E-state index is 0.0494. The van der Waals surface area contributed by atoms with Crippen LogP contribution in [0, 0.1) is 0 Å². The molecule has 2 aromatic rings. The lowest BCUT2D eigenvalue weighted by Crippen LogP contribution is -2.42. The van der Waals surface area contributed by atoms with E-state index in [2.05, 4.69) is 12.2 Å². The van der Waals surface area contributed by atoms with E-state index in [1.165, 1.54) is 4.88 Å². The maximum Gasteiger partial charge on any atom is 0.251 e. The molecule has 0 fully saturated rings. The molecule has 4 heteroatoms. The summed E-state index contributed by atoms with van der Waals surface area (Å²) < 4.78 is 5.69. The number of hydrogen-bond acceptors (Lipinski definition) is 3. The van der Waals surface area contributed by atoms with Gasteiger partial charge < -0.3 is 10.1 Å². The van der Waals surface area contributed by atoms with Gasteiger partial charge >= 0.3 is 0 Å². The molecule has 0 saturated heterocycles. The van der Waals surface area contributed by atoms with Crippen molar-refractivity contribution in [2.24, 2.45) is 0 Å². The summed E-state index contributed by atoms with van der Waals surface area (Å²) in [4.78, 5) is 13.3. The molecule has 0 aliphatic carbocycles. The molecule has 0 bridgehead atoms. The van der Waals surface area contributed by atoms with E-state index in [1.807, 2.05) is 43.5 Å². The molecule has 0 saturated carbocycles. The molecule has 1 N–H and O–H groups in total. The number of rotatable bonds is 6. The van der Waals surface area contributed by atoms with Crippen LogP contribution in [0.5, 0.6) is 5.75 Å². The van der Waals surface area contributed by atoms with Gasteiger partial charge in [0.25, 0.3) is 5.91 Å². The number of thiophene rings is 1. The largest absolute Gasteiger partial charge is 0.488 e. The first-order chi connectivity index (χ1) is 10.00. The van der Waals surface area contributed by atoms with Crippen molar-refractivity contribution in [3.63, 3.8) is 0 Å². The van der Waals surface area contributed by atoms with Crippen molar-refractivity contribution in [2.75, 3.05) is 0 Å². The molecule has 0 unspecified atom stereocenters. The molecule has 1 amide bonds. The van der Waals surface area contributed by atoms with Crippen LogP contribution in [-0.2, 0) is 6.61 Å². The summed E-state index contributed by atoms with van der Waals surface area (Å²) >= 11 is 1.67. The number of hydrogen-bond donors (Lipinski definition) is 1. The van der Waals surface area contributed by atoms with Gasteiger partial charge in [-0.15, -0.1) is 11.3 Å². The van der Waals surface area contributed by atoms with E-state index in [9.17, 15) is 4.79 Å². The third-order valence-electron chi connectivity index (χ3n) is 3.41. The van der Waals surface area contributed by atoms with E-state index in [-0.39, 0.29) is 11.4 Å². The van der Waals surface area contributed by atoms with E-state index in [1.54, 1.807) is 23.5 Å². The van der Waals surface area contributed by atoms with Crippen molar-refractivity contribution in [1.29, 1.82) is 0 Å². The molecule has 21 heavy (non-hydrogen) atoms. The monoisotopic (exact) mass is 303 g/mol. The Morgan fingerprint density at radius 2 is 1.95 bits per heavy atom. The molecular formula is C17H21NO2S. The van der Waals surface area contributed by atoms with E-state index < -0.39 is 0 Å². The molecule has 1 heterocycles. The predicted molar refractivity (Wildman–Crippen MR) is 86.9 cm³/mol. The van der Waals surface area contributed by atoms with Gasteiger partial charge in [0.1, 0.15) is 12.4 Å². The quantitative estimate of drug-likeness (QED) is 0.866. The van der Waals surface area contributed by atoms with Crippen LogP contribution in [0.3, 0.4) is 0 Å². The molecule has 112 valence electrons. The van der Waals surface area contributed by atoms with Gasteiger partial charge in [0.2, 0.25) is 0 Å². The standard InChI is InChI=1S/C17H21NO2S/c1-4-17(2,3)18-16(19)13-7-9-14(10-8-13)20-12-15-6-5-11-21-15/h5-11H,4,12H2,1-3H3,(H,18,19). The van der Waals surface area contributed by atoms with Crippen LogP contribution in [0.4, 0.5) is 0 Å². The van der Waals surface area contributed by atoms with Gasteiger partial charge in [-0.25, -0.2) is 0 Å². The third-order valence-corrected chi connectivity index (χ3v) is 4.26. The van der Waals surface area contributed by atoms with Gasteiger partial charge in [0.15, 0.2) is 0 Å². The van der Waals surface area contributed by atoms with Gasteiger partial charge in [-0.05, 0) is 56.0 Å². The predicted octanol–water partition coefficient (Wildman–Crippen LogP) is 4.25. The highest BCUT2D eigenvalue weighted by molar-refractivity contribution is 7.09. The Labute approximate surface area is 130 Å². The smallest absolute Gasteiger partial charge is 0.251 e. The third kappa shape index (κ3) is 4.60. The van der Waals surface area contributed by atoms with Crippen LogP contribution in [0.1, 0.15) is 42.4 Å². The Bertz CT molecular complexity index is 573. The molecule has 1 aromatic carbocycles. The van der Waals surface area contributed by atoms with Crippen LogP contribution in [0.15, 0.2) is 41.8 Å². The number of nitrogens with one attached hydrogen (secondary N) is 1. The van der Waals surface area contributed by atoms with E-state index in [0.29, 0.717) is 12.2 Å². The molecule has 0 spiro atoms. The topological polar surface area (TPSA) is 38.3 Å². The highest BCUT2D eigenvalue weighted by atomic mass is 32.1. The Balaban J connectivity index is 1.93. The Morgan fingerprint density at radius 3 is 2.52 bits per heavy atom. The van der Waals surface area contributed by atoms with Gasteiger partial charge in [-0.3, -0.25) is 4.79 Å². The molecule has 0 radical (unpaired) electrons. The number of ether oxygens (including phenoxy) is 1. The Kier molecular flexibility index (Phi) is 5.02. The average Bonchev–Trinajstić information content (AvgIpc) is 2.98. The Hall–Kier alpha value is -1.81. The summed E-state index contributed by atoms with van der Waals surface area (Å²) in [6.45, 7) is 6.65. The fourth-order valence-electron chi connectivity index (χ4n) is 1.72. The van der Waals surface area contributed by atoms with Crippen molar-refractivity contribution in [2.45, 2.75) is 39.3 Å². The highest BCUT2D eigenvalue weighted by Crippen LogP contribution is 2.17. The minimum Gasteiger partial charge on any atom is -0.488 e. The summed E-state index contributed by atoms with van der Waals surface area (Å²) in [5, 5.41) is 5.05. The fourth-order valence-corrected chi connectivity index (χ4v) is 2.34. The molecule has 3 nitrogen and oxygen atoms in total. The summed E-state index contributed by atoms with van der Waals surface area (Å²) in [6.07, 6.45) is 0.890. The highest BCUT2D eigenvalue weighted by Gasteiger charge is 2.18. The summed E-state index contributed by atoms with van der Waals surface area (Å²) in [6, 6.07) is 11.3. The number of carbonyl (C=O) groups is 1. The van der Waals surface area contributed by atoms with Crippen molar-refractivity contribution >= 4 is 17.2 Å². The normalized spacial score (nSPS) is 11.2. The van der Waals surface area contributed by atoms with E-state index in [0.717, 1.165) is 12.2 Å². The van der Waals surface area contributed by atoms with Crippen LogP contribution >= 0.6 is 11.3 Å². The summed E-state index contributed by atoms with van der Waals surface area (Å²) in [5.74, 6) is 0.723. The second kappa shape index (κ2) is 6.76. The molecule has 0 aliphatic heterocycles. The second-order valence-corrected chi connectivity index (χ2v) is 6.62. The van der Waals surface area contributed by atoms with Crippen LogP contribution in [0.2, 0.25) is 0 Å². The molecular weight excluding hydrogens is 282 g/mol. The first kappa shape index (κ1) is 15.6. The zero-order valence-corrected chi connectivity index (χ0v) is 13.5. The molecule has 0 atom stereocenters. The van der Waals surface area contributed by atoms with Crippen molar-refractivity contribution < 1.29 is 9.53 Å². The van der Waals surface area contributed by atoms with Crippen molar-refractivity contribution in [1.82, 2.24) is 5.32 Å². The Morgan fingerprint density at radius 1 is 1.24 bits per heavy atom. The number of benzene rings is 1. The van der Waals surface area contributed by atoms with Crippen LogP contribution in [0.25, 0.3) is 0 Å². The number of amides is 1. The van der Waals surface area contributed by atoms with Gasteiger partial charge in [-0.1, -0.05) is 13.0 Å². The number of carbonyl (C=O) groups excluding carboxylic acids is 1. The first-order valence-corrected chi connectivity index (χ1v) is 7.96. The lowest BCUT2D eigenvalue weighted by Gasteiger charge is -2.24. The van der Waals surface area contributed by atoms with Gasteiger partial charge in [-0.2, -0.15) is 0 Å². The minimum atomic E-state index is -0.189. The zero-order chi connectivity index (χ0) is 15.3. The van der Waals surface area contributed by atoms with Crippen LogP contribution < -0.4 is 10.1 Å². The summed E-state index contributed by atoms with van der Waals surface area (Å²) in [7, 11) is 0. The van der Waals surface area contributed by atoms with Gasteiger partial charge in [0.05, 0.1) is 0 Å².